The Hall–Kier alpha value is -1.26. The van der Waals surface area contributed by atoms with E-state index in [1.165, 1.54) is 0 Å². The number of carbonyl (C=O) groups is 2. The third-order valence-electron chi connectivity index (χ3n) is 3.47. The van der Waals surface area contributed by atoms with Crippen LogP contribution in [0.1, 0.15) is 61.3 Å². The van der Waals surface area contributed by atoms with E-state index < -0.39 is 11.6 Å². The van der Waals surface area contributed by atoms with Gasteiger partial charge in [0.05, 0.1) is 13.2 Å². The lowest BCUT2D eigenvalue weighted by atomic mass is 9.80. The molecule has 0 aliphatic heterocycles. The first-order chi connectivity index (χ1) is 10.2. The third kappa shape index (κ3) is 5.50. The molecule has 5 nitrogen and oxygen atoms in total. The van der Waals surface area contributed by atoms with Gasteiger partial charge in [0.15, 0.2) is 0 Å². The molecule has 0 aliphatic carbocycles. The lowest BCUT2D eigenvalue weighted by Crippen LogP contribution is -2.59. The summed E-state index contributed by atoms with van der Waals surface area (Å²) in [5.41, 5.74) is -0.959. The van der Waals surface area contributed by atoms with Crippen molar-refractivity contribution in [1.29, 1.82) is 0 Å². The minimum atomic E-state index is -0.959. The predicted octanol–water partition coefficient (Wildman–Crippen LogP) is 3.86. The molecule has 1 amide bonds. The molecule has 0 rings (SSSR count). The highest BCUT2D eigenvalue weighted by atomic mass is 16.6. The Balaban J connectivity index is 5.83. The molecule has 0 unspecified atom stereocenters. The molecular weight excluding hydrogens is 282 g/mol. The maximum absolute atomic E-state index is 12.8. The molecule has 0 heterocycles. The van der Waals surface area contributed by atoms with Crippen LogP contribution in [0.4, 0.5) is 4.79 Å². The summed E-state index contributed by atoms with van der Waals surface area (Å²) >= 11 is 0. The van der Waals surface area contributed by atoms with E-state index in [1.807, 2.05) is 34.6 Å². The summed E-state index contributed by atoms with van der Waals surface area (Å²) in [6.45, 7) is 14.6. The van der Waals surface area contributed by atoms with Crippen molar-refractivity contribution in [3.63, 3.8) is 0 Å². The monoisotopic (exact) mass is 315 g/mol. The molecule has 0 aromatic carbocycles. The highest BCUT2D eigenvalue weighted by Crippen LogP contribution is 2.33. The zero-order valence-electron chi connectivity index (χ0n) is 15.3. The first-order valence-electron chi connectivity index (χ1n) is 8.36. The number of hydrogen-bond acceptors (Lipinski definition) is 4. The van der Waals surface area contributed by atoms with Crippen molar-refractivity contribution in [2.24, 2.45) is 11.8 Å². The van der Waals surface area contributed by atoms with Gasteiger partial charge in [-0.3, -0.25) is 4.90 Å². The van der Waals surface area contributed by atoms with Gasteiger partial charge in [0.25, 0.3) is 0 Å². The number of likely N-dealkylation sites (N-methyl/N-ethyl adjacent to an activating group) is 1. The van der Waals surface area contributed by atoms with Crippen LogP contribution in [0.25, 0.3) is 0 Å². The van der Waals surface area contributed by atoms with Crippen LogP contribution in [0.3, 0.4) is 0 Å². The van der Waals surface area contributed by atoms with E-state index in [0.29, 0.717) is 26.0 Å². The number of carbonyl (C=O) groups excluding carboxylic acids is 2. The second-order valence-electron chi connectivity index (χ2n) is 6.39. The molecule has 5 heteroatoms. The van der Waals surface area contributed by atoms with E-state index in [0.717, 1.165) is 0 Å². The van der Waals surface area contributed by atoms with Gasteiger partial charge in [-0.2, -0.15) is 0 Å². The summed E-state index contributed by atoms with van der Waals surface area (Å²) in [6.07, 6.45) is 0.687. The topological polar surface area (TPSA) is 55.8 Å². The number of hydrogen-bond donors (Lipinski definition) is 0. The lowest BCUT2D eigenvalue weighted by molar-refractivity contribution is -0.159. The highest BCUT2D eigenvalue weighted by Gasteiger charge is 2.48. The van der Waals surface area contributed by atoms with E-state index >= 15 is 0 Å². The van der Waals surface area contributed by atoms with Gasteiger partial charge in [0.2, 0.25) is 0 Å². The summed E-state index contributed by atoms with van der Waals surface area (Å²) < 4.78 is 10.5. The van der Waals surface area contributed by atoms with Crippen molar-refractivity contribution < 1.29 is 19.1 Å². The Morgan fingerprint density at radius 3 is 1.68 bits per heavy atom. The zero-order valence-corrected chi connectivity index (χ0v) is 15.3. The largest absolute Gasteiger partial charge is 0.464 e. The maximum Gasteiger partial charge on any atom is 0.410 e. The molecule has 0 bridgehead atoms. The average molecular weight is 315 g/mol. The Kier molecular flexibility index (Phi) is 9.14. The summed E-state index contributed by atoms with van der Waals surface area (Å²) in [7, 11) is 0. The molecule has 0 N–H and O–H groups in total. The smallest absolute Gasteiger partial charge is 0.410 e. The van der Waals surface area contributed by atoms with Crippen molar-refractivity contribution in [3.8, 4) is 0 Å². The fraction of sp³-hybridized carbons (Fsp3) is 0.882. The molecule has 0 saturated carbocycles. The quantitative estimate of drug-likeness (QED) is 0.606. The van der Waals surface area contributed by atoms with Crippen LogP contribution in [-0.2, 0) is 14.3 Å². The first kappa shape index (κ1) is 20.7. The second-order valence-corrected chi connectivity index (χ2v) is 6.39. The Labute approximate surface area is 135 Å². The Bertz CT molecular complexity index is 343. The standard InChI is InChI=1S/C17H33NO4/c1-8-18(16(20)22-10-3)17(11-13(4)5,12-14(6)7)15(19)21-9-2/h13-14H,8-12H2,1-7H3. The minimum Gasteiger partial charge on any atom is -0.464 e. The van der Waals surface area contributed by atoms with Crippen molar-refractivity contribution in [2.45, 2.75) is 66.8 Å². The molecule has 0 spiro atoms. The van der Waals surface area contributed by atoms with Gasteiger partial charge in [-0.1, -0.05) is 27.7 Å². The van der Waals surface area contributed by atoms with Gasteiger partial charge in [-0.05, 0) is 45.4 Å². The van der Waals surface area contributed by atoms with Gasteiger partial charge < -0.3 is 9.47 Å². The van der Waals surface area contributed by atoms with E-state index in [2.05, 4.69) is 0 Å². The van der Waals surface area contributed by atoms with Crippen molar-refractivity contribution >= 4 is 12.1 Å². The predicted molar refractivity (Wildman–Crippen MR) is 87.7 cm³/mol. The highest BCUT2D eigenvalue weighted by molar-refractivity contribution is 5.86. The number of rotatable bonds is 9. The van der Waals surface area contributed by atoms with Gasteiger partial charge in [0.1, 0.15) is 5.54 Å². The fourth-order valence-corrected chi connectivity index (χ4v) is 3.00. The Morgan fingerprint density at radius 1 is 0.909 bits per heavy atom. The van der Waals surface area contributed by atoms with E-state index in [4.69, 9.17) is 9.47 Å². The molecule has 0 radical (unpaired) electrons. The summed E-state index contributed by atoms with van der Waals surface area (Å²) in [5.74, 6) is 0.186. The van der Waals surface area contributed by atoms with Crippen LogP contribution in [0, 0.1) is 11.8 Å². The summed E-state index contributed by atoms with van der Waals surface area (Å²) in [4.78, 5) is 26.7. The van der Waals surface area contributed by atoms with Gasteiger partial charge in [0, 0.05) is 6.54 Å². The zero-order chi connectivity index (χ0) is 17.3. The van der Waals surface area contributed by atoms with E-state index in [9.17, 15) is 9.59 Å². The number of amides is 1. The van der Waals surface area contributed by atoms with E-state index in [-0.39, 0.29) is 24.4 Å². The molecule has 0 saturated heterocycles. The fourth-order valence-electron chi connectivity index (χ4n) is 3.00. The normalized spacial score (nSPS) is 11.7. The van der Waals surface area contributed by atoms with Gasteiger partial charge in [-0.15, -0.1) is 0 Å². The Morgan fingerprint density at radius 2 is 1.36 bits per heavy atom. The van der Waals surface area contributed by atoms with Crippen molar-refractivity contribution in [2.75, 3.05) is 19.8 Å². The van der Waals surface area contributed by atoms with E-state index in [1.54, 1.807) is 18.7 Å². The van der Waals surface area contributed by atoms with Crippen LogP contribution in [0.2, 0.25) is 0 Å². The van der Waals surface area contributed by atoms with Crippen LogP contribution in [0.5, 0.6) is 0 Å². The molecule has 22 heavy (non-hydrogen) atoms. The lowest BCUT2D eigenvalue weighted by Gasteiger charge is -2.42. The number of ether oxygens (including phenoxy) is 2. The molecule has 0 aliphatic rings. The summed E-state index contributed by atoms with van der Waals surface area (Å²) in [6, 6.07) is 0. The van der Waals surface area contributed by atoms with Crippen LogP contribution in [-0.4, -0.2) is 42.3 Å². The molecule has 130 valence electrons. The third-order valence-corrected chi connectivity index (χ3v) is 3.47. The first-order valence-corrected chi connectivity index (χ1v) is 8.36. The molecule has 0 atom stereocenters. The molecule has 0 aromatic heterocycles. The van der Waals surface area contributed by atoms with Crippen LogP contribution in [0.15, 0.2) is 0 Å². The molecular formula is C17H33NO4. The maximum atomic E-state index is 12.8. The second kappa shape index (κ2) is 9.70. The van der Waals surface area contributed by atoms with Gasteiger partial charge >= 0.3 is 12.1 Å². The average Bonchev–Trinajstić information content (AvgIpc) is 2.38. The van der Waals surface area contributed by atoms with Crippen molar-refractivity contribution in [3.05, 3.63) is 0 Å². The van der Waals surface area contributed by atoms with Gasteiger partial charge in [-0.25, -0.2) is 9.59 Å². The summed E-state index contributed by atoms with van der Waals surface area (Å²) in [5, 5.41) is 0. The van der Waals surface area contributed by atoms with Crippen molar-refractivity contribution in [1.82, 2.24) is 4.90 Å². The SMILES string of the molecule is CCOC(=O)N(CC)C(CC(C)C)(CC(C)C)C(=O)OCC. The number of nitrogens with zero attached hydrogens (tertiary/aromatic N) is 1. The minimum absolute atomic E-state index is 0.256. The molecule has 0 aromatic rings. The van der Waals surface area contributed by atoms with Crippen LogP contribution >= 0.6 is 0 Å². The number of esters is 1. The van der Waals surface area contributed by atoms with Crippen LogP contribution < -0.4 is 0 Å². The molecule has 0 fully saturated rings.